The molecule has 0 amide bonds. The number of hydrogen-bond acceptors (Lipinski definition) is 2. The van der Waals surface area contributed by atoms with Crippen molar-refractivity contribution in [3.8, 4) is 6.07 Å². The molecule has 0 bridgehead atoms. The Kier molecular flexibility index (Phi) is 1.32. The van der Waals surface area contributed by atoms with Crippen molar-refractivity contribution in [2.24, 2.45) is 0 Å². The molecule has 0 saturated heterocycles. The normalized spacial score (nSPS) is 8.50. The average molecular weight is 122 g/mol. The Labute approximate surface area is 52.2 Å². The molecule has 0 aliphatic rings. The van der Waals surface area contributed by atoms with E-state index in [1.807, 2.05) is 19.1 Å². The molecule has 0 atom stereocenters. The van der Waals surface area contributed by atoms with Crippen molar-refractivity contribution in [3.05, 3.63) is 21.9 Å². The minimum Gasteiger partial charge on any atom is -0.192 e. The molecule has 0 aromatic carbocycles. The monoisotopic (exact) mass is 122 g/mol. The molecule has 39 valence electrons. The summed E-state index contributed by atoms with van der Waals surface area (Å²) in [5, 5.41) is 8.28. The Morgan fingerprint density at radius 2 is 2.62 bits per heavy atom. The van der Waals surface area contributed by atoms with Crippen LogP contribution in [0.2, 0.25) is 0 Å². The fourth-order valence-corrected chi connectivity index (χ4v) is 1.05. The predicted octanol–water partition coefficient (Wildman–Crippen LogP) is 1.73. The maximum atomic E-state index is 8.28. The highest BCUT2D eigenvalue weighted by molar-refractivity contribution is 7.12. The van der Waals surface area contributed by atoms with Gasteiger partial charge in [0.05, 0.1) is 0 Å². The van der Waals surface area contributed by atoms with Gasteiger partial charge in [-0.25, -0.2) is 0 Å². The topological polar surface area (TPSA) is 23.8 Å². The van der Waals surface area contributed by atoms with E-state index < -0.39 is 0 Å². The fourth-order valence-electron chi connectivity index (χ4n) is 0.442. The van der Waals surface area contributed by atoms with Gasteiger partial charge in [-0.1, -0.05) is 0 Å². The van der Waals surface area contributed by atoms with E-state index in [0.29, 0.717) is 4.88 Å². The summed E-state index contributed by atoms with van der Waals surface area (Å²) in [5.74, 6) is 0. The van der Waals surface area contributed by atoms with Gasteiger partial charge in [-0.05, 0) is 13.0 Å². The van der Waals surface area contributed by atoms with Crippen LogP contribution in [0.15, 0.2) is 6.07 Å². The van der Waals surface area contributed by atoms with Crippen LogP contribution in [0.4, 0.5) is 0 Å². The van der Waals surface area contributed by atoms with Crippen LogP contribution in [0.5, 0.6) is 0 Å². The molecule has 2 heteroatoms. The van der Waals surface area contributed by atoms with Gasteiger partial charge >= 0.3 is 0 Å². The van der Waals surface area contributed by atoms with Gasteiger partial charge in [0.1, 0.15) is 10.9 Å². The van der Waals surface area contributed by atoms with Crippen molar-refractivity contribution in [1.82, 2.24) is 0 Å². The summed E-state index contributed by atoms with van der Waals surface area (Å²) in [5.41, 5.74) is 0. The molecular weight excluding hydrogens is 118 g/mol. The van der Waals surface area contributed by atoms with Gasteiger partial charge in [0.2, 0.25) is 0 Å². The molecule has 1 nitrogen and oxygen atoms in total. The quantitative estimate of drug-likeness (QED) is 0.514. The van der Waals surface area contributed by atoms with Crippen LogP contribution in [0.1, 0.15) is 9.75 Å². The van der Waals surface area contributed by atoms with E-state index in [-0.39, 0.29) is 0 Å². The van der Waals surface area contributed by atoms with Crippen LogP contribution in [-0.4, -0.2) is 0 Å². The van der Waals surface area contributed by atoms with E-state index in [4.69, 9.17) is 5.26 Å². The van der Waals surface area contributed by atoms with Gasteiger partial charge in [0, 0.05) is 10.9 Å². The fraction of sp³-hybridized carbons (Fsp3) is 0.167. The molecule has 0 aliphatic carbocycles. The van der Waals surface area contributed by atoms with Gasteiger partial charge in [-0.15, -0.1) is 11.3 Å². The summed E-state index contributed by atoms with van der Waals surface area (Å²) in [4.78, 5) is 1.81. The van der Waals surface area contributed by atoms with Crippen LogP contribution < -0.4 is 0 Å². The lowest BCUT2D eigenvalue weighted by molar-refractivity contribution is 1.52. The first-order valence-corrected chi connectivity index (χ1v) is 3.03. The molecule has 1 aromatic heterocycles. The van der Waals surface area contributed by atoms with Gasteiger partial charge < -0.3 is 0 Å². The first-order valence-electron chi connectivity index (χ1n) is 2.21. The first kappa shape index (κ1) is 5.33. The maximum Gasteiger partial charge on any atom is 0.112 e. The smallest absolute Gasteiger partial charge is 0.112 e. The lowest BCUT2D eigenvalue weighted by Crippen LogP contribution is -1.51. The molecule has 1 heterocycles. The highest BCUT2D eigenvalue weighted by atomic mass is 32.1. The molecule has 0 unspecified atom stereocenters. The lowest BCUT2D eigenvalue weighted by atomic mass is 10.5. The number of nitrogens with zero attached hydrogens (tertiary/aromatic N) is 1. The Balaban J connectivity index is 3.05. The van der Waals surface area contributed by atoms with E-state index in [2.05, 4.69) is 6.07 Å². The van der Waals surface area contributed by atoms with Crippen molar-refractivity contribution in [3.63, 3.8) is 0 Å². The van der Waals surface area contributed by atoms with Crippen LogP contribution in [-0.2, 0) is 0 Å². The molecule has 0 spiro atoms. The molecule has 8 heavy (non-hydrogen) atoms. The number of aryl methyl sites for hydroxylation is 1. The summed E-state index contributed by atoms with van der Waals surface area (Å²) in [6, 6.07) is 6.65. The average Bonchev–Trinajstić information content (AvgIpc) is 2.14. The minimum atomic E-state index is 0.669. The SMILES string of the molecule is Cc1c[c]c(C#N)s1. The summed E-state index contributed by atoms with van der Waals surface area (Å²) in [6.45, 7) is 1.96. The van der Waals surface area contributed by atoms with E-state index in [1.54, 1.807) is 0 Å². The Bertz CT molecular complexity index is 219. The summed E-state index contributed by atoms with van der Waals surface area (Å²) < 4.78 is 0. The molecule has 1 radical (unpaired) electrons. The van der Waals surface area contributed by atoms with E-state index in [1.165, 1.54) is 11.3 Å². The third-order valence-corrected chi connectivity index (χ3v) is 1.62. The zero-order valence-corrected chi connectivity index (χ0v) is 5.25. The number of nitriles is 1. The van der Waals surface area contributed by atoms with Gasteiger partial charge in [0.25, 0.3) is 0 Å². The summed E-state index contributed by atoms with van der Waals surface area (Å²) in [6.07, 6.45) is 0. The number of thiophene rings is 1. The van der Waals surface area contributed by atoms with Crippen molar-refractivity contribution >= 4 is 11.3 Å². The second-order valence-electron chi connectivity index (χ2n) is 1.44. The Morgan fingerprint density at radius 3 is 2.88 bits per heavy atom. The third-order valence-electron chi connectivity index (χ3n) is 0.771. The number of rotatable bonds is 0. The van der Waals surface area contributed by atoms with Crippen molar-refractivity contribution < 1.29 is 0 Å². The summed E-state index contributed by atoms with van der Waals surface area (Å²) >= 11 is 1.47. The highest BCUT2D eigenvalue weighted by Gasteiger charge is 1.90. The predicted molar refractivity (Wildman–Crippen MR) is 32.6 cm³/mol. The molecule has 1 rings (SSSR count). The Hall–Kier alpha value is -0.810. The van der Waals surface area contributed by atoms with Crippen LogP contribution in [0.3, 0.4) is 0 Å². The van der Waals surface area contributed by atoms with E-state index in [9.17, 15) is 0 Å². The van der Waals surface area contributed by atoms with Crippen LogP contribution in [0.25, 0.3) is 0 Å². The summed E-state index contributed by atoms with van der Waals surface area (Å²) in [7, 11) is 0. The van der Waals surface area contributed by atoms with Gasteiger partial charge in [0.15, 0.2) is 0 Å². The van der Waals surface area contributed by atoms with Gasteiger partial charge in [-0.2, -0.15) is 5.26 Å². The molecular formula is C6H4NS. The van der Waals surface area contributed by atoms with Crippen molar-refractivity contribution in [2.75, 3.05) is 0 Å². The van der Waals surface area contributed by atoms with Crippen LogP contribution >= 0.6 is 11.3 Å². The highest BCUT2D eigenvalue weighted by Crippen LogP contribution is 2.11. The van der Waals surface area contributed by atoms with Gasteiger partial charge in [-0.3, -0.25) is 0 Å². The van der Waals surface area contributed by atoms with Crippen molar-refractivity contribution in [1.29, 1.82) is 5.26 Å². The molecule has 0 saturated carbocycles. The van der Waals surface area contributed by atoms with E-state index in [0.717, 1.165) is 4.88 Å². The third kappa shape index (κ3) is 0.877. The standard InChI is InChI=1S/C6H4NS/c1-5-2-3-6(4-7)8-5/h2H,1H3. The zero-order valence-electron chi connectivity index (χ0n) is 4.43. The first-order chi connectivity index (χ1) is 3.83. The number of hydrogen-bond donors (Lipinski definition) is 0. The molecule has 0 fully saturated rings. The zero-order chi connectivity index (χ0) is 5.98. The minimum absolute atomic E-state index is 0.669. The Morgan fingerprint density at radius 1 is 1.88 bits per heavy atom. The molecule has 0 N–H and O–H groups in total. The maximum absolute atomic E-state index is 8.28. The second kappa shape index (κ2) is 1.97. The second-order valence-corrected chi connectivity index (χ2v) is 2.70. The van der Waals surface area contributed by atoms with Crippen LogP contribution in [0, 0.1) is 24.3 Å². The van der Waals surface area contributed by atoms with Crippen molar-refractivity contribution in [2.45, 2.75) is 6.92 Å². The molecule has 1 aromatic rings. The lowest BCUT2D eigenvalue weighted by Gasteiger charge is -1.69. The molecule has 0 aliphatic heterocycles. The van der Waals surface area contributed by atoms with E-state index >= 15 is 0 Å². The largest absolute Gasteiger partial charge is 0.192 e.